The normalized spacial score (nSPS) is 10.7. The van der Waals surface area contributed by atoms with E-state index in [2.05, 4.69) is 15.4 Å². The molecular formula is C21H18N8O5. The molecule has 3 heterocycles. The van der Waals surface area contributed by atoms with Crippen molar-refractivity contribution < 1.29 is 14.3 Å². The minimum atomic E-state index is -0.965. The molecule has 0 aliphatic heterocycles. The summed E-state index contributed by atoms with van der Waals surface area (Å²) in [5.41, 5.74) is -0.399. The monoisotopic (exact) mass is 462 g/mol. The lowest BCUT2D eigenvalue weighted by molar-refractivity contribution is -0.148. The maximum atomic E-state index is 12.7. The number of benzene rings is 1. The van der Waals surface area contributed by atoms with E-state index in [9.17, 15) is 24.4 Å². The summed E-state index contributed by atoms with van der Waals surface area (Å²) in [6.07, 6.45) is 2.68. The van der Waals surface area contributed by atoms with Gasteiger partial charge in [-0.15, -0.1) is 0 Å². The molecule has 0 atom stereocenters. The SMILES string of the molecule is Cn1cnc2c1c(=O)n(CC(=O)OCC(=O)Nc1c(C#N)cnn1-c1ccccc1)c(=O)n2C. The first kappa shape index (κ1) is 22.2. The van der Waals surface area contributed by atoms with Gasteiger partial charge in [0.2, 0.25) is 0 Å². The van der Waals surface area contributed by atoms with Crippen LogP contribution in [0.15, 0.2) is 52.4 Å². The molecule has 4 aromatic rings. The number of nitrogens with zero attached hydrogens (tertiary/aromatic N) is 7. The third kappa shape index (κ3) is 3.95. The smallest absolute Gasteiger partial charge is 0.333 e. The first-order valence-corrected chi connectivity index (χ1v) is 9.91. The van der Waals surface area contributed by atoms with Crippen LogP contribution in [0, 0.1) is 11.3 Å². The van der Waals surface area contributed by atoms with Gasteiger partial charge in [-0.2, -0.15) is 10.4 Å². The zero-order chi connectivity index (χ0) is 24.4. The maximum absolute atomic E-state index is 12.7. The summed E-state index contributed by atoms with van der Waals surface area (Å²) >= 11 is 0. The number of esters is 1. The van der Waals surface area contributed by atoms with Crippen LogP contribution in [0.5, 0.6) is 0 Å². The molecule has 1 amide bonds. The van der Waals surface area contributed by atoms with Gasteiger partial charge in [-0.1, -0.05) is 18.2 Å². The molecule has 0 bridgehead atoms. The van der Waals surface area contributed by atoms with E-state index in [0.29, 0.717) is 10.3 Å². The number of nitrogens with one attached hydrogen (secondary N) is 1. The average molecular weight is 462 g/mol. The summed E-state index contributed by atoms with van der Waals surface area (Å²) in [7, 11) is 3.01. The van der Waals surface area contributed by atoms with E-state index in [1.54, 1.807) is 37.4 Å². The van der Waals surface area contributed by atoms with Gasteiger partial charge in [0, 0.05) is 14.1 Å². The van der Waals surface area contributed by atoms with Crippen LogP contribution in [-0.4, -0.2) is 46.9 Å². The van der Waals surface area contributed by atoms with Crippen LogP contribution < -0.4 is 16.6 Å². The van der Waals surface area contributed by atoms with Crippen molar-refractivity contribution in [1.82, 2.24) is 28.5 Å². The molecule has 0 fully saturated rings. The molecule has 13 heteroatoms. The summed E-state index contributed by atoms with van der Waals surface area (Å²) in [6.45, 7) is -1.39. The van der Waals surface area contributed by atoms with Crippen molar-refractivity contribution in [3.8, 4) is 11.8 Å². The van der Waals surface area contributed by atoms with Gasteiger partial charge in [-0.05, 0) is 12.1 Å². The zero-order valence-corrected chi connectivity index (χ0v) is 18.1. The number of carbonyl (C=O) groups excluding carboxylic acids is 2. The highest BCUT2D eigenvalue weighted by atomic mass is 16.5. The van der Waals surface area contributed by atoms with Crippen molar-refractivity contribution >= 4 is 28.9 Å². The summed E-state index contributed by atoms with van der Waals surface area (Å²) in [5.74, 6) is -1.58. The lowest BCUT2D eigenvalue weighted by Crippen LogP contribution is -2.41. The fourth-order valence-electron chi connectivity index (χ4n) is 3.34. The van der Waals surface area contributed by atoms with Crippen molar-refractivity contribution in [2.24, 2.45) is 14.1 Å². The van der Waals surface area contributed by atoms with E-state index in [0.717, 1.165) is 4.57 Å². The molecule has 172 valence electrons. The van der Waals surface area contributed by atoms with Crippen molar-refractivity contribution in [3.63, 3.8) is 0 Å². The number of aryl methyl sites for hydroxylation is 2. The van der Waals surface area contributed by atoms with Crippen LogP contribution in [-0.2, 0) is 35.0 Å². The van der Waals surface area contributed by atoms with E-state index >= 15 is 0 Å². The molecule has 1 aromatic carbocycles. The molecule has 0 spiro atoms. The van der Waals surface area contributed by atoms with Gasteiger partial charge in [0.25, 0.3) is 11.5 Å². The fraction of sp³-hybridized carbons (Fsp3) is 0.190. The van der Waals surface area contributed by atoms with E-state index in [1.807, 2.05) is 6.07 Å². The molecule has 0 aliphatic carbocycles. The molecule has 4 rings (SSSR count). The molecule has 0 radical (unpaired) electrons. The number of ether oxygens (including phenoxy) is 1. The Morgan fingerprint density at radius 2 is 1.91 bits per heavy atom. The van der Waals surface area contributed by atoms with Gasteiger partial charge in [0.15, 0.2) is 23.6 Å². The van der Waals surface area contributed by atoms with Gasteiger partial charge in [0.1, 0.15) is 18.2 Å². The Morgan fingerprint density at radius 3 is 2.62 bits per heavy atom. The highest BCUT2D eigenvalue weighted by Gasteiger charge is 2.19. The number of carbonyl (C=O) groups is 2. The molecule has 0 unspecified atom stereocenters. The fourth-order valence-corrected chi connectivity index (χ4v) is 3.34. The van der Waals surface area contributed by atoms with Gasteiger partial charge in [0.05, 0.1) is 18.2 Å². The quantitative estimate of drug-likeness (QED) is 0.382. The molecular weight excluding hydrogens is 444 g/mol. The Morgan fingerprint density at radius 1 is 1.18 bits per heavy atom. The number of nitriles is 1. The Bertz CT molecular complexity index is 1570. The van der Waals surface area contributed by atoms with Crippen molar-refractivity contribution in [2.75, 3.05) is 11.9 Å². The number of imidazole rings is 1. The molecule has 0 saturated carbocycles. The third-order valence-electron chi connectivity index (χ3n) is 5.00. The summed E-state index contributed by atoms with van der Waals surface area (Å²) in [4.78, 5) is 53.9. The summed E-state index contributed by atoms with van der Waals surface area (Å²) < 4.78 is 9.62. The lowest BCUT2D eigenvalue weighted by atomic mass is 10.3. The first-order valence-electron chi connectivity index (χ1n) is 9.91. The molecule has 13 nitrogen and oxygen atoms in total. The predicted octanol–water partition coefficient (Wildman–Crippen LogP) is -0.327. The molecule has 3 aromatic heterocycles. The van der Waals surface area contributed by atoms with Crippen molar-refractivity contribution in [3.05, 3.63) is 69.3 Å². The van der Waals surface area contributed by atoms with E-state index in [-0.39, 0.29) is 22.5 Å². The number of amides is 1. The van der Waals surface area contributed by atoms with Crippen LogP contribution in [0.3, 0.4) is 0 Å². The molecule has 0 saturated heterocycles. The third-order valence-corrected chi connectivity index (χ3v) is 5.00. The van der Waals surface area contributed by atoms with Crippen LogP contribution in [0.1, 0.15) is 5.56 Å². The minimum absolute atomic E-state index is 0.112. The number of para-hydroxylation sites is 1. The Balaban J connectivity index is 1.47. The predicted molar refractivity (Wildman–Crippen MR) is 118 cm³/mol. The van der Waals surface area contributed by atoms with Gasteiger partial charge in [-0.25, -0.2) is 19.0 Å². The second-order valence-corrected chi connectivity index (χ2v) is 7.24. The summed E-state index contributed by atoms with van der Waals surface area (Å²) in [6, 6.07) is 10.8. The Labute approximate surface area is 191 Å². The topological polar surface area (TPSA) is 159 Å². The van der Waals surface area contributed by atoms with E-state index in [4.69, 9.17) is 4.74 Å². The first-order chi connectivity index (χ1) is 16.3. The summed E-state index contributed by atoms with van der Waals surface area (Å²) in [5, 5.41) is 15.9. The van der Waals surface area contributed by atoms with Gasteiger partial charge >= 0.3 is 11.7 Å². The highest BCUT2D eigenvalue weighted by Crippen LogP contribution is 2.19. The number of anilines is 1. The average Bonchev–Trinajstić information content (AvgIpc) is 3.43. The molecule has 34 heavy (non-hydrogen) atoms. The van der Waals surface area contributed by atoms with Crippen LogP contribution in [0.25, 0.3) is 16.9 Å². The standard InChI is InChI=1S/C21H18N8O5/c1-26-12-23-19-17(26)20(32)28(21(33)27(19)2)10-16(31)34-11-15(30)25-18-13(8-22)9-24-29(18)14-6-4-3-5-7-14/h3-7,9,12H,10-11H2,1-2H3,(H,25,30). The second kappa shape index (κ2) is 8.87. The number of hydrogen-bond acceptors (Lipinski definition) is 8. The number of rotatable bonds is 6. The Kier molecular flexibility index (Phi) is 5.79. The van der Waals surface area contributed by atoms with Gasteiger partial charge < -0.3 is 14.6 Å². The van der Waals surface area contributed by atoms with Gasteiger partial charge in [-0.3, -0.25) is 19.0 Å². The second-order valence-electron chi connectivity index (χ2n) is 7.24. The zero-order valence-electron chi connectivity index (χ0n) is 18.1. The number of hydrogen-bond donors (Lipinski definition) is 1. The lowest BCUT2D eigenvalue weighted by Gasteiger charge is -2.11. The van der Waals surface area contributed by atoms with E-state index < -0.39 is 36.3 Å². The minimum Gasteiger partial charge on any atom is -0.454 e. The maximum Gasteiger partial charge on any atom is 0.333 e. The van der Waals surface area contributed by atoms with Crippen molar-refractivity contribution in [1.29, 1.82) is 5.26 Å². The largest absolute Gasteiger partial charge is 0.454 e. The van der Waals surface area contributed by atoms with E-state index in [1.165, 1.54) is 28.8 Å². The Hall–Kier alpha value is -4.99. The van der Waals surface area contributed by atoms with Crippen LogP contribution >= 0.6 is 0 Å². The number of aromatic nitrogens is 6. The van der Waals surface area contributed by atoms with Crippen LogP contribution in [0.4, 0.5) is 5.82 Å². The van der Waals surface area contributed by atoms with Crippen LogP contribution in [0.2, 0.25) is 0 Å². The molecule has 0 aliphatic rings. The molecule has 1 N–H and O–H groups in total. The number of fused-ring (bicyclic) bond motifs is 1. The van der Waals surface area contributed by atoms with Crippen molar-refractivity contribution in [2.45, 2.75) is 6.54 Å². The highest BCUT2D eigenvalue weighted by molar-refractivity contribution is 5.93.